The monoisotopic (exact) mass is 549 g/mol. The van der Waals surface area contributed by atoms with Gasteiger partial charge < -0.3 is 10.2 Å². The van der Waals surface area contributed by atoms with Gasteiger partial charge in [0.2, 0.25) is 21.8 Å². The molecule has 0 saturated carbocycles. The highest BCUT2D eigenvalue weighted by Gasteiger charge is 2.29. The summed E-state index contributed by atoms with van der Waals surface area (Å²) in [5, 5.41) is 3.45. The number of benzene rings is 2. The van der Waals surface area contributed by atoms with Crippen LogP contribution in [0.4, 0.5) is 5.69 Å². The van der Waals surface area contributed by atoms with Gasteiger partial charge in [0.15, 0.2) is 0 Å². The van der Waals surface area contributed by atoms with E-state index in [1.54, 1.807) is 23.1 Å². The van der Waals surface area contributed by atoms with Crippen molar-refractivity contribution in [3.05, 3.63) is 64.2 Å². The molecule has 2 atom stereocenters. The van der Waals surface area contributed by atoms with E-state index in [1.165, 1.54) is 4.31 Å². The summed E-state index contributed by atoms with van der Waals surface area (Å²) in [5.41, 5.74) is 3.28. The van der Waals surface area contributed by atoms with Crippen LogP contribution in [0.3, 0.4) is 0 Å². The molecule has 0 unspecified atom stereocenters. The van der Waals surface area contributed by atoms with E-state index in [9.17, 15) is 18.0 Å². The van der Waals surface area contributed by atoms with Crippen molar-refractivity contribution in [2.75, 3.05) is 17.1 Å². The average molecular weight is 550 g/mol. The fraction of sp³-hybridized carbons (Fsp3) is 0.500. The molecule has 0 fully saturated rings. The van der Waals surface area contributed by atoms with E-state index >= 15 is 0 Å². The van der Waals surface area contributed by atoms with Crippen LogP contribution < -0.4 is 9.62 Å². The standard InChI is InChI=1S/C28H40ClN3O4S/c1-7-22(5)30-28(34)25(8-2)31(19-23-12-9-11-20(3)17-23)27(33)13-10-16-32(37(6,35)36)26-18-24(29)15-14-21(26)4/h9,11-12,14-15,17-18,22,25H,7-8,10,13,16,19H2,1-6H3,(H,30,34)/t22-,25-/m0/s1. The second-order valence-corrected chi connectivity index (χ2v) is 12.0. The number of carbonyl (C=O) groups excluding carboxylic acids is 2. The van der Waals surface area contributed by atoms with Crippen LogP contribution in [0.5, 0.6) is 0 Å². The molecule has 7 nitrogen and oxygen atoms in total. The Morgan fingerprint density at radius 1 is 1.05 bits per heavy atom. The fourth-order valence-electron chi connectivity index (χ4n) is 4.20. The Morgan fingerprint density at radius 3 is 2.35 bits per heavy atom. The second kappa shape index (κ2) is 13.8. The zero-order valence-corrected chi connectivity index (χ0v) is 24.3. The predicted molar refractivity (Wildman–Crippen MR) is 151 cm³/mol. The maximum atomic E-state index is 13.5. The van der Waals surface area contributed by atoms with Crippen LogP contribution in [0.2, 0.25) is 5.02 Å². The maximum absolute atomic E-state index is 13.5. The number of hydrogen-bond acceptors (Lipinski definition) is 4. The summed E-state index contributed by atoms with van der Waals surface area (Å²) < 4.78 is 26.5. The molecule has 2 rings (SSSR count). The van der Waals surface area contributed by atoms with Gasteiger partial charge in [-0.05, 0) is 63.3 Å². The Labute approximate surface area is 227 Å². The SMILES string of the molecule is CC[C@H](C)NC(=O)[C@H](CC)N(Cc1cccc(C)c1)C(=O)CCCN(c1cc(Cl)ccc1C)S(C)(=O)=O. The largest absolute Gasteiger partial charge is 0.352 e. The minimum Gasteiger partial charge on any atom is -0.352 e. The molecule has 0 aliphatic heterocycles. The van der Waals surface area contributed by atoms with E-state index in [2.05, 4.69) is 5.32 Å². The lowest BCUT2D eigenvalue weighted by Crippen LogP contribution is -2.50. The molecule has 2 aromatic carbocycles. The van der Waals surface area contributed by atoms with Crippen molar-refractivity contribution in [2.24, 2.45) is 0 Å². The van der Waals surface area contributed by atoms with Gasteiger partial charge in [-0.15, -0.1) is 0 Å². The Morgan fingerprint density at radius 2 is 1.76 bits per heavy atom. The Bertz CT molecular complexity index is 1190. The molecular weight excluding hydrogens is 510 g/mol. The molecule has 0 aliphatic rings. The summed E-state index contributed by atoms with van der Waals surface area (Å²) in [6, 6.07) is 12.4. The lowest BCUT2D eigenvalue weighted by molar-refractivity contribution is -0.141. The number of rotatable bonds is 13. The molecule has 0 bridgehead atoms. The van der Waals surface area contributed by atoms with E-state index < -0.39 is 16.1 Å². The van der Waals surface area contributed by atoms with Crippen LogP contribution in [0, 0.1) is 13.8 Å². The molecule has 0 saturated heterocycles. The molecule has 2 aromatic rings. The molecular formula is C28H40ClN3O4S. The van der Waals surface area contributed by atoms with Crippen molar-refractivity contribution in [2.45, 2.75) is 78.9 Å². The lowest BCUT2D eigenvalue weighted by atomic mass is 10.1. The lowest BCUT2D eigenvalue weighted by Gasteiger charge is -2.32. The number of nitrogens with zero attached hydrogens (tertiary/aromatic N) is 2. The maximum Gasteiger partial charge on any atom is 0.243 e. The Kier molecular flexibility index (Phi) is 11.4. The smallest absolute Gasteiger partial charge is 0.243 e. The van der Waals surface area contributed by atoms with Crippen molar-refractivity contribution >= 4 is 39.1 Å². The van der Waals surface area contributed by atoms with Gasteiger partial charge in [0.1, 0.15) is 6.04 Å². The molecule has 0 heterocycles. The number of nitrogens with one attached hydrogen (secondary N) is 1. The summed E-state index contributed by atoms with van der Waals surface area (Å²) in [6.45, 7) is 10.1. The van der Waals surface area contributed by atoms with Crippen molar-refractivity contribution in [1.29, 1.82) is 0 Å². The van der Waals surface area contributed by atoms with Gasteiger partial charge in [0, 0.05) is 30.6 Å². The zero-order valence-electron chi connectivity index (χ0n) is 22.8. The highest BCUT2D eigenvalue weighted by molar-refractivity contribution is 7.92. The van der Waals surface area contributed by atoms with Gasteiger partial charge >= 0.3 is 0 Å². The first kappa shape index (κ1) is 30.6. The number of carbonyl (C=O) groups is 2. The second-order valence-electron chi connectivity index (χ2n) is 9.62. The molecule has 204 valence electrons. The summed E-state index contributed by atoms with van der Waals surface area (Å²) in [5.74, 6) is -0.367. The zero-order chi connectivity index (χ0) is 27.8. The van der Waals surface area contributed by atoms with Crippen LogP contribution in [-0.4, -0.2) is 50.0 Å². The first-order chi connectivity index (χ1) is 17.4. The van der Waals surface area contributed by atoms with Crippen LogP contribution in [0.15, 0.2) is 42.5 Å². The molecule has 37 heavy (non-hydrogen) atoms. The van der Waals surface area contributed by atoms with E-state index in [4.69, 9.17) is 11.6 Å². The number of amides is 2. The molecule has 2 amide bonds. The number of aryl methyl sites for hydroxylation is 2. The number of anilines is 1. The van der Waals surface area contributed by atoms with Crippen LogP contribution in [0.25, 0.3) is 0 Å². The summed E-state index contributed by atoms with van der Waals surface area (Å²) in [4.78, 5) is 28.3. The third kappa shape index (κ3) is 9.04. The molecule has 0 aromatic heterocycles. The topological polar surface area (TPSA) is 86.8 Å². The summed E-state index contributed by atoms with van der Waals surface area (Å²) in [7, 11) is -3.59. The number of hydrogen-bond donors (Lipinski definition) is 1. The van der Waals surface area contributed by atoms with Crippen LogP contribution in [-0.2, 0) is 26.2 Å². The van der Waals surface area contributed by atoms with Gasteiger partial charge in [-0.2, -0.15) is 0 Å². The first-order valence-electron chi connectivity index (χ1n) is 12.8. The van der Waals surface area contributed by atoms with Crippen molar-refractivity contribution in [3.8, 4) is 0 Å². The van der Waals surface area contributed by atoms with E-state index in [0.717, 1.165) is 29.4 Å². The Hall–Kier alpha value is -2.58. The summed E-state index contributed by atoms with van der Waals surface area (Å²) >= 11 is 6.13. The Balaban J connectivity index is 2.26. The average Bonchev–Trinajstić information content (AvgIpc) is 2.82. The predicted octanol–water partition coefficient (Wildman–Crippen LogP) is 5.23. The number of halogens is 1. The van der Waals surface area contributed by atoms with Gasteiger partial charge in [0.05, 0.1) is 11.9 Å². The third-order valence-electron chi connectivity index (χ3n) is 6.41. The van der Waals surface area contributed by atoms with Crippen molar-refractivity contribution < 1.29 is 18.0 Å². The normalized spacial score (nSPS) is 13.1. The molecule has 0 spiro atoms. The van der Waals surface area contributed by atoms with E-state index in [0.29, 0.717) is 30.1 Å². The van der Waals surface area contributed by atoms with Crippen molar-refractivity contribution in [1.82, 2.24) is 10.2 Å². The van der Waals surface area contributed by atoms with Gasteiger partial charge in [-0.1, -0.05) is 61.3 Å². The minimum absolute atomic E-state index is 0.00160. The van der Waals surface area contributed by atoms with E-state index in [1.807, 2.05) is 58.9 Å². The van der Waals surface area contributed by atoms with E-state index in [-0.39, 0.29) is 30.8 Å². The molecule has 0 aliphatic carbocycles. The van der Waals surface area contributed by atoms with Gasteiger partial charge in [0.25, 0.3) is 0 Å². The number of sulfonamides is 1. The quantitative estimate of drug-likeness (QED) is 0.371. The first-order valence-corrected chi connectivity index (χ1v) is 15.0. The molecule has 1 N–H and O–H groups in total. The van der Waals surface area contributed by atoms with Crippen LogP contribution in [0.1, 0.15) is 63.1 Å². The highest BCUT2D eigenvalue weighted by atomic mass is 35.5. The van der Waals surface area contributed by atoms with Gasteiger partial charge in [-0.3, -0.25) is 13.9 Å². The van der Waals surface area contributed by atoms with Crippen molar-refractivity contribution in [3.63, 3.8) is 0 Å². The molecule has 0 radical (unpaired) electrons. The third-order valence-corrected chi connectivity index (χ3v) is 7.83. The molecule has 9 heteroatoms. The summed E-state index contributed by atoms with van der Waals surface area (Å²) in [6.07, 6.45) is 2.80. The minimum atomic E-state index is -3.59. The van der Waals surface area contributed by atoms with Gasteiger partial charge in [-0.25, -0.2) is 8.42 Å². The van der Waals surface area contributed by atoms with Crippen LogP contribution >= 0.6 is 11.6 Å². The highest BCUT2D eigenvalue weighted by Crippen LogP contribution is 2.27. The fourth-order valence-corrected chi connectivity index (χ4v) is 5.38.